The first kappa shape index (κ1) is 14.1. The highest BCUT2D eigenvalue weighted by atomic mass is 31.2. The summed E-state index contributed by atoms with van der Waals surface area (Å²) in [5, 5.41) is 0.658. The predicted octanol–water partition coefficient (Wildman–Crippen LogP) is 3.88. The Hall–Kier alpha value is -1.28. The van der Waals surface area contributed by atoms with Crippen molar-refractivity contribution < 1.29 is 13.3 Å². The molecule has 0 radical (unpaired) electrons. The molecule has 0 saturated carbocycles. The van der Waals surface area contributed by atoms with Gasteiger partial charge in [-0.25, -0.2) is 8.78 Å². The quantitative estimate of drug-likeness (QED) is 0.783. The molecule has 0 unspecified atom stereocenters. The molecule has 0 amide bonds. The lowest BCUT2D eigenvalue weighted by molar-refractivity contribution is 0.585. The zero-order valence-electron chi connectivity index (χ0n) is 11.4. The molecule has 2 rings (SSSR count). The van der Waals surface area contributed by atoms with Crippen molar-refractivity contribution in [2.45, 2.75) is 19.8 Å². The topological polar surface area (TPSA) is 30.0 Å². The first-order valence-corrected chi connectivity index (χ1v) is 8.65. The van der Waals surface area contributed by atoms with E-state index < -0.39 is 18.8 Å². The fraction of sp³-hybridized carbons (Fsp3) is 0.357. The Morgan fingerprint density at radius 1 is 1.21 bits per heavy atom. The number of benzene rings is 1. The summed E-state index contributed by atoms with van der Waals surface area (Å²) in [5.74, 6) is -1.31. The Balaban J connectivity index is 3.00. The Morgan fingerprint density at radius 2 is 1.84 bits per heavy atom. The maximum Gasteiger partial charge on any atom is 0.136 e. The standard InChI is InChI=1S/C14H16F2NOP/c1-8(2)10-7-17-12-6-9(15)5-11(16)13(12)14(10)19(3,4)18/h5-8H,1-4H3. The molecular weight excluding hydrogens is 267 g/mol. The SMILES string of the molecule is CC(C)c1cnc2cc(F)cc(F)c2c1P(C)(C)=O. The Labute approximate surface area is 111 Å². The minimum absolute atomic E-state index is 0.0737. The normalized spacial score (nSPS) is 12.4. The van der Waals surface area contributed by atoms with Crippen molar-refractivity contribution in [2.24, 2.45) is 0 Å². The van der Waals surface area contributed by atoms with Gasteiger partial charge in [0.05, 0.1) is 5.52 Å². The molecule has 0 saturated heterocycles. The van der Waals surface area contributed by atoms with Crippen molar-refractivity contribution in [1.82, 2.24) is 4.98 Å². The molecule has 1 aromatic carbocycles. The van der Waals surface area contributed by atoms with E-state index in [0.717, 1.165) is 11.6 Å². The lowest BCUT2D eigenvalue weighted by Crippen LogP contribution is -2.15. The van der Waals surface area contributed by atoms with Gasteiger partial charge in [0, 0.05) is 29.0 Å². The summed E-state index contributed by atoms with van der Waals surface area (Å²) >= 11 is 0. The summed E-state index contributed by atoms with van der Waals surface area (Å²) in [6.45, 7) is 7.06. The number of rotatable bonds is 2. The molecule has 1 heterocycles. The summed E-state index contributed by atoms with van der Waals surface area (Å²) < 4.78 is 39.8. The molecule has 0 atom stereocenters. The van der Waals surface area contributed by atoms with Crippen LogP contribution in [0.1, 0.15) is 25.3 Å². The molecule has 2 nitrogen and oxygen atoms in total. The van der Waals surface area contributed by atoms with E-state index in [-0.39, 0.29) is 16.8 Å². The number of fused-ring (bicyclic) bond motifs is 1. The fourth-order valence-corrected chi connectivity index (χ4v) is 3.94. The van der Waals surface area contributed by atoms with Gasteiger partial charge in [0.1, 0.15) is 18.8 Å². The second kappa shape index (κ2) is 4.68. The van der Waals surface area contributed by atoms with Gasteiger partial charge in [0.25, 0.3) is 0 Å². The van der Waals surface area contributed by atoms with E-state index in [2.05, 4.69) is 4.98 Å². The van der Waals surface area contributed by atoms with Gasteiger partial charge in [0.2, 0.25) is 0 Å². The third-order valence-electron chi connectivity index (χ3n) is 3.05. The van der Waals surface area contributed by atoms with Gasteiger partial charge in [-0.05, 0) is 24.8 Å². The van der Waals surface area contributed by atoms with Crippen molar-refractivity contribution in [3.63, 3.8) is 0 Å². The third-order valence-corrected chi connectivity index (χ3v) is 4.61. The van der Waals surface area contributed by atoms with Crippen molar-refractivity contribution in [3.8, 4) is 0 Å². The minimum atomic E-state index is -2.70. The number of halogens is 2. The maximum absolute atomic E-state index is 14.1. The highest BCUT2D eigenvalue weighted by Gasteiger charge is 2.24. The van der Waals surface area contributed by atoms with Crippen LogP contribution in [0, 0.1) is 11.6 Å². The van der Waals surface area contributed by atoms with E-state index in [1.807, 2.05) is 13.8 Å². The molecule has 0 aliphatic rings. The number of hydrogen-bond acceptors (Lipinski definition) is 2. The largest absolute Gasteiger partial charge is 0.319 e. The van der Waals surface area contributed by atoms with Gasteiger partial charge in [0.15, 0.2) is 0 Å². The number of pyridine rings is 1. The minimum Gasteiger partial charge on any atom is -0.319 e. The lowest BCUT2D eigenvalue weighted by atomic mass is 10.0. The van der Waals surface area contributed by atoms with E-state index >= 15 is 0 Å². The van der Waals surface area contributed by atoms with Crippen LogP contribution < -0.4 is 5.30 Å². The molecule has 0 N–H and O–H groups in total. The molecule has 0 aliphatic carbocycles. The molecule has 102 valence electrons. The second-order valence-corrected chi connectivity index (χ2v) is 8.50. The first-order valence-electron chi connectivity index (χ1n) is 6.05. The number of hydrogen-bond donors (Lipinski definition) is 0. The van der Waals surface area contributed by atoms with Crippen LogP contribution in [-0.4, -0.2) is 18.3 Å². The lowest BCUT2D eigenvalue weighted by Gasteiger charge is -2.18. The Morgan fingerprint density at radius 3 is 2.37 bits per heavy atom. The van der Waals surface area contributed by atoms with E-state index in [1.54, 1.807) is 19.5 Å². The van der Waals surface area contributed by atoms with Gasteiger partial charge in [-0.1, -0.05) is 13.8 Å². The maximum atomic E-state index is 14.1. The molecule has 0 bridgehead atoms. The van der Waals surface area contributed by atoms with Crippen molar-refractivity contribution in [2.75, 3.05) is 13.3 Å². The molecular formula is C14H16F2NOP. The van der Waals surface area contributed by atoms with Crippen LogP contribution in [-0.2, 0) is 4.57 Å². The summed E-state index contributed by atoms with van der Waals surface area (Å²) in [4.78, 5) is 4.10. The number of nitrogens with zero attached hydrogens (tertiary/aromatic N) is 1. The van der Waals surface area contributed by atoms with E-state index in [0.29, 0.717) is 5.30 Å². The van der Waals surface area contributed by atoms with Crippen LogP contribution in [0.25, 0.3) is 10.9 Å². The van der Waals surface area contributed by atoms with Crippen molar-refractivity contribution >= 4 is 23.3 Å². The molecule has 1 aromatic heterocycles. The van der Waals surface area contributed by atoms with Gasteiger partial charge < -0.3 is 4.57 Å². The van der Waals surface area contributed by atoms with Crippen LogP contribution in [0.2, 0.25) is 0 Å². The van der Waals surface area contributed by atoms with Crippen molar-refractivity contribution in [1.29, 1.82) is 0 Å². The molecule has 0 aliphatic heterocycles. The van der Waals surface area contributed by atoms with Crippen molar-refractivity contribution in [3.05, 3.63) is 35.5 Å². The predicted molar refractivity (Wildman–Crippen MR) is 74.8 cm³/mol. The van der Waals surface area contributed by atoms with E-state index in [9.17, 15) is 13.3 Å². The number of aromatic nitrogens is 1. The molecule has 2 aromatic rings. The second-order valence-electron chi connectivity index (χ2n) is 5.35. The molecule has 5 heteroatoms. The smallest absolute Gasteiger partial charge is 0.136 e. The van der Waals surface area contributed by atoms with Crippen LogP contribution in [0.4, 0.5) is 8.78 Å². The summed E-state index contributed by atoms with van der Waals surface area (Å²) in [6.07, 6.45) is 1.57. The summed E-state index contributed by atoms with van der Waals surface area (Å²) in [7, 11) is -2.70. The molecule has 19 heavy (non-hydrogen) atoms. The third kappa shape index (κ3) is 2.55. The molecule has 0 fully saturated rings. The summed E-state index contributed by atoms with van der Waals surface area (Å²) in [6, 6.07) is 1.98. The first-order chi connectivity index (χ1) is 8.71. The van der Waals surface area contributed by atoms with Gasteiger partial charge in [-0.3, -0.25) is 4.98 Å². The average Bonchev–Trinajstić information content (AvgIpc) is 2.25. The fourth-order valence-electron chi connectivity index (χ4n) is 2.24. The van der Waals surface area contributed by atoms with Gasteiger partial charge >= 0.3 is 0 Å². The molecule has 0 spiro atoms. The average molecular weight is 283 g/mol. The van der Waals surface area contributed by atoms with Crippen LogP contribution in [0.15, 0.2) is 18.3 Å². The van der Waals surface area contributed by atoms with Crippen LogP contribution in [0.5, 0.6) is 0 Å². The Bertz CT molecular complexity index is 691. The monoisotopic (exact) mass is 283 g/mol. The van der Waals surface area contributed by atoms with Gasteiger partial charge in [-0.15, -0.1) is 0 Å². The van der Waals surface area contributed by atoms with Gasteiger partial charge in [-0.2, -0.15) is 0 Å². The Kier molecular flexibility index (Phi) is 3.48. The van der Waals surface area contributed by atoms with Crippen LogP contribution in [0.3, 0.4) is 0 Å². The highest BCUT2D eigenvalue weighted by molar-refractivity contribution is 7.70. The zero-order valence-corrected chi connectivity index (χ0v) is 12.3. The summed E-state index contributed by atoms with van der Waals surface area (Å²) in [5.41, 5.74) is 0.965. The van der Waals surface area contributed by atoms with E-state index in [4.69, 9.17) is 0 Å². The zero-order chi connectivity index (χ0) is 14.4. The highest BCUT2D eigenvalue weighted by Crippen LogP contribution is 2.41. The van der Waals surface area contributed by atoms with Crippen LogP contribution >= 0.6 is 7.14 Å². The van der Waals surface area contributed by atoms with E-state index in [1.165, 1.54) is 6.07 Å².